The lowest BCUT2D eigenvalue weighted by atomic mass is 10.3. The molecule has 0 saturated carbocycles. The predicted octanol–water partition coefficient (Wildman–Crippen LogP) is 1.43. The molecule has 6 heteroatoms. The molecule has 1 N–H and O–H groups in total. The van der Waals surface area contributed by atoms with Crippen molar-refractivity contribution >= 4 is 23.7 Å². The first kappa shape index (κ1) is 12.5. The van der Waals surface area contributed by atoms with E-state index in [-0.39, 0.29) is 11.5 Å². The second kappa shape index (κ2) is 5.50. The zero-order chi connectivity index (χ0) is 12.1. The standard InChI is InChI=1S/C10H11NO4S/c1-6(10(14)15-2)16-8-5-7(9(12)13)3-4-11-8/h3-6H,1-2H3,(H,12,13). The van der Waals surface area contributed by atoms with E-state index in [2.05, 4.69) is 9.72 Å². The van der Waals surface area contributed by atoms with Crippen LogP contribution >= 0.6 is 11.8 Å². The van der Waals surface area contributed by atoms with Gasteiger partial charge < -0.3 is 9.84 Å². The Balaban J connectivity index is 2.78. The van der Waals surface area contributed by atoms with E-state index in [0.29, 0.717) is 5.03 Å². The molecule has 1 unspecified atom stereocenters. The highest BCUT2D eigenvalue weighted by Crippen LogP contribution is 2.22. The molecule has 0 aliphatic heterocycles. The lowest BCUT2D eigenvalue weighted by Crippen LogP contribution is -2.14. The van der Waals surface area contributed by atoms with E-state index in [1.807, 2.05) is 0 Å². The molecule has 1 heterocycles. The molecule has 0 bridgehead atoms. The molecule has 1 rings (SSSR count). The molecular formula is C10H11NO4S. The van der Waals surface area contributed by atoms with Crippen LogP contribution < -0.4 is 0 Å². The van der Waals surface area contributed by atoms with Crippen LogP contribution in [0.4, 0.5) is 0 Å². The summed E-state index contributed by atoms with van der Waals surface area (Å²) in [4.78, 5) is 25.8. The van der Waals surface area contributed by atoms with E-state index < -0.39 is 11.2 Å². The molecule has 5 nitrogen and oxygen atoms in total. The normalized spacial score (nSPS) is 11.9. The number of carboxylic acid groups (broad SMARTS) is 1. The molecule has 0 radical (unpaired) electrons. The zero-order valence-corrected chi connectivity index (χ0v) is 9.65. The van der Waals surface area contributed by atoms with Gasteiger partial charge in [0.15, 0.2) is 0 Å². The van der Waals surface area contributed by atoms with Crippen molar-refractivity contribution in [2.75, 3.05) is 7.11 Å². The van der Waals surface area contributed by atoms with Gasteiger partial charge in [0, 0.05) is 6.20 Å². The van der Waals surface area contributed by atoms with Gasteiger partial charge in [-0.3, -0.25) is 4.79 Å². The number of hydrogen-bond acceptors (Lipinski definition) is 5. The molecule has 0 aromatic carbocycles. The fraction of sp³-hybridized carbons (Fsp3) is 0.300. The smallest absolute Gasteiger partial charge is 0.335 e. The molecule has 16 heavy (non-hydrogen) atoms. The highest BCUT2D eigenvalue weighted by molar-refractivity contribution is 8.00. The third-order valence-electron chi connectivity index (χ3n) is 1.81. The maximum Gasteiger partial charge on any atom is 0.335 e. The number of aromatic nitrogens is 1. The number of ether oxygens (including phenoxy) is 1. The van der Waals surface area contributed by atoms with Crippen molar-refractivity contribution in [1.29, 1.82) is 0 Å². The van der Waals surface area contributed by atoms with Crippen molar-refractivity contribution in [3.05, 3.63) is 23.9 Å². The predicted molar refractivity (Wildman–Crippen MR) is 58.5 cm³/mol. The van der Waals surface area contributed by atoms with Crippen LogP contribution in [0.5, 0.6) is 0 Å². The first-order valence-corrected chi connectivity index (χ1v) is 5.36. The first-order valence-electron chi connectivity index (χ1n) is 4.48. The lowest BCUT2D eigenvalue weighted by Gasteiger charge is -2.07. The van der Waals surface area contributed by atoms with Gasteiger partial charge in [-0.15, -0.1) is 0 Å². The summed E-state index contributed by atoms with van der Waals surface area (Å²) >= 11 is 1.16. The largest absolute Gasteiger partial charge is 0.478 e. The Bertz CT molecular complexity index is 408. The van der Waals surface area contributed by atoms with Gasteiger partial charge in [-0.2, -0.15) is 0 Å². The minimum atomic E-state index is -1.02. The molecule has 0 aliphatic rings. The van der Waals surface area contributed by atoms with Crippen molar-refractivity contribution in [1.82, 2.24) is 4.98 Å². The van der Waals surface area contributed by atoms with E-state index in [9.17, 15) is 9.59 Å². The number of rotatable bonds is 4. The Kier molecular flexibility index (Phi) is 4.30. The summed E-state index contributed by atoms with van der Waals surface area (Å²) in [7, 11) is 1.31. The molecule has 1 atom stereocenters. The van der Waals surface area contributed by atoms with Crippen molar-refractivity contribution in [2.45, 2.75) is 17.2 Å². The topological polar surface area (TPSA) is 76.5 Å². The number of thioether (sulfide) groups is 1. The number of carbonyl (C=O) groups excluding carboxylic acids is 1. The van der Waals surface area contributed by atoms with Crippen LogP contribution in [0.2, 0.25) is 0 Å². The summed E-state index contributed by atoms with van der Waals surface area (Å²) in [5.41, 5.74) is 0.148. The number of methoxy groups -OCH3 is 1. The Morgan fingerprint density at radius 2 is 2.25 bits per heavy atom. The molecule has 1 aromatic heterocycles. The summed E-state index contributed by atoms with van der Waals surface area (Å²) in [5.74, 6) is -1.39. The van der Waals surface area contributed by atoms with Crippen LogP contribution in [-0.4, -0.2) is 34.4 Å². The van der Waals surface area contributed by atoms with Gasteiger partial charge in [0.2, 0.25) is 0 Å². The molecule has 0 spiro atoms. The van der Waals surface area contributed by atoms with Gasteiger partial charge in [0.1, 0.15) is 5.25 Å². The van der Waals surface area contributed by atoms with Crippen molar-refractivity contribution in [3.8, 4) is 0 Å². The van der Waals surface area contributed by atoms with Crippen molar-refractivity contribution < 1.29 is 19.4 Å². The monoisotopic (exact) mass is 241 g/mol. The molecule has 0 aliphatic carbocycles. The summed E-state index contributed by atoms with van der Waals surface area (Å²) < 4.78 is 4.56. The Morgan fingerprint density at radius 1 is 1.56 bits per heavy atom. The molecule has 0 amide bonds. The average Bonchev–Trinajstić information content (AvgIpc) is 2.28. The van der Waals surface area contributed by atoms with E-state index in [1.54, 1.807) is 6.92 Å². The number of aromatic carboxylic acids is 1. The number of pyridine rings is 1. The Hall–Kier alpha value is -1.56. The molecule has 1 aromatic rings. The van der Waals surface area contributed by atoms with Crippen molar-refractivity contribution in [2.24, 2.45) is 0 Å². The van der Waals surface area contributed by atoms with E-state index in [0.717, 1.165) is 11.8 Å². The van der Waals surface area contributed by atoms with Crippen LogP contribution in [0.3, 0.4) is 0 Å². The highest BCUT2D eigenvalue weighted by atomic mass is 32.2. The van der Waals surface area contributed by atoms with E-state index >= 15 is 0 Å². The summed E-state index contributed by atoms with van der Waals surface area (Å²) in [6.07, 6.45) is 1.40. The second-order valence-corrected chi connectivity index (χ2v) is 4.33. The number of hydrogen-bond donors (Lipinski definition) is 1. The Labute approximate surface area is 96.8 Å². The SMILES string of the molecule is COC(=O)C(C)Sc1cc(C(=O)O)ccn1. The van der Waals surface area contributed by atoms with Crippen LogP contribution in [0, 0.1) is 0 Å². The first-order chi connectivity index (χ1) is 7.54. The van der Waals surface area contributed by atoms with E-state index in [4.69, 9.17) is 5.11 Å². The number of nitrogens with zero attached hydrogens (tertiary/aromatic N) is 1. The Morgan fingerprint density at radius 3 is 2.81 bits per heavy atom. The minimum Gasteiger partial charge on any atom is -0.478 e. The summed E-state index contributed by atoms with van der Waals surface area (Å²) in [5, 5.41) is 8.84. The highest BCUT2D eigenvalue weighted by Gasteiger charge is 2.16. The molecular weight excluding hydrogens is 230 g/mol. The summed E-state index contributed by atoms with van der Waals surface area (Å²) in [6, 6.07) is 2.82. The fourth-order valence-electron chi connectivity index (χ4n) is 1.00. The lowest BCUT2D eigenvalue weighted by molar-refractivity contribution is -0.139. The third kappa shape index (κ3) is 3.23. The second-order valence-electron chi connectivity index (χ2n) is 2.97. The quantitative estimate of drug-likeness (QED) is 0.634. The van der Waals surface area contributed by atoms with Gasteiger partial charge in [0.25, 0.3) is 0 Å². The minimum absolute atomic E-state index is 0.148. The van der Waals surface area contributed by atoms with Gasteiger partial charge in [0.05, 0.1) is 17.7 Å². The maximum absolute atomic E-state index is 11.1. The number of carboxylic acids is 1. The number of esters is 1. The number of carbonyl (C=O) groups is 2. The molecule has 0 fully saturated rings. The fourth-order valence-corrected chi connectivity index (χ4v) is 1.87. The van der Waals surface area contributed by atoms with Crippen LogP contribution in [0.1, 0.15) is 17.3 Å². The third-order valence-corrected chi connectivity index (χ3v) is 2.82. The van der Waals surface area contributed by atoms with Gasteiger partial charge in [-0.25, -0.2) is 9.78 Å². The molecule has 86 valence electrons. The zero-order valence-electron chi connectivity index (χ0n) is 8.84. The molecule has 0 saturated heterocycles. The van der Waals surface area contributed by atoms with Gasteiger partial charge in [-0.1, -0.05) is 11.8 Å². The maximum atomic E-state index is 11.1. The van der Waals surface area contributed by atoms with Crippen LogP contribution in [0.15, 0.2) is 23.4 Å². The van der Waals surface area contributed by atoms with Crippen LogP contribution in [-0.2, 0) is 9.53 Å². The van der Waals surface area contributed by atoms with Crippen molar-refractivity contribution in [3.63, 3.8) is 0 Å². The summed E-state index contributed by atoms with van der Waals surface area (Å²) in [6.45, 7) is 1.67. The van der Waals surface area contributed by atoms with Gasteiger partial charge in [-0.05, 0) is 19.1 Å². The van der Waals surface area contributed by atoms with Gasteiger partial charge >= 0.3 is 11.9 Å². The van der Waals surface area contributed by atoms with Crippen LogP contribution in [0.25, 0.3) is 0 Å². The average molecular weight is 241 g/mol. The van der Waals surface area contributed by atoms with E-state index in [1.165, 1.54) is 25.4 Å².